The van der Waals surface area contributed by atoms with E-state index in [-0.39, 0.29) is 11.7 Å². The number of alkyl halides is 3. The predicted octanol–water partition coefficient (Wildman–Crippen LogP) is 1.28. The van der Waals surface area contributed by atoms with E-state index >= 15 is 0 Å². The van der Waals surface area contributed by atoms with E-state index in [1.54, 1.807) is 0 Å². The van der Waals surface area contributed by atoms with Gasteiger partial charge in [0.2, 0.25) is 0 Å². The monoisotopic (exact) mass is 194 g/mol. The van der Waals surface area contributed by atoms with Gasteiger partial charge in [-0.25, -0.2) is 4.98 Å². The highest BCUT2D eigenvalue weighted by Crippen LogP contribution is 2.21. The van der Waals surface area contributed by atoms with Crippen LogP contribution in [0.5, 0.6) is 0 Å². The van der Waals surface area contributed by atoms with Gasteiger partial charge in [0, 0.05) is 13.0 Å². The van der Waals surface area contributed by atoms with Crippen LogP contribution in [-0.2, 0) is 12.8 Å². The smallest absolute Gasteiger partial charge is 0.396 e. The zero-order valence-electron chi connectivity index (χ0n) is 6.77. The number of aromatic nitrogens is 1. The summed E-state index contributed by atoms with van der Waals surface area (Å²) in [5.74, 6) is 0.0812. The molecule has 0 bridgehead atoms. The van der Waals surface area contributed by atoms with E-state index in [4.69, 9.17) is 10.2 Å². The van der Waals surface area contributed by atoms with Crippen LogP contribution in [0, 0.1) is 0 Å². The molecule has 3 nitrogen and oxygen atoms in total. The van der Waals surface area contributed by atoms with Gasteiger partial charge in [-0.1, -0.05) is 0 Å². The maximum Gasteiger partial charge on any atom is 0.396 e. The Bertz CT molecular complexity index is 269. The maximum atomic E-state index is 11.8. The largest absolute Gasteiger partial charge is 0.445 e. The van der Waals surface area contributed by atoms with Crippen molar-refractivity contribution in [2.75, 3.05) is 6.54 Å². The molecule has 1 rings (SSSR count). The zero-order valence-corrected chi connectivity index (χ0v) is 6.77. The Balaban J connectivity index is 2.59. The summed E-state index contributed by atoms with van der Waals surface area (Å²) in [6.07, 6.45) is -3.89. The van der Waals surface area contributed by atoms with Crippen molar-refractivity contribution in [3.05, 3.63) is 17.8 Å². The van der Waals surface area contributed by atoms with Gasteiger partial charge in [-0.2, -0.15) is 13.2 Å². The van der Waals surface area contributed by atoms with Gasteiger partial charge in [0.1, 0.15) is 12.2 Å². The Morgan fingerprint density at radius 1 is 1.46 bits per heavy atom. The summed E-state index contributed by atoms with van der Waals surface area (Å²) < 4.78 is 40.3. The molecule has 0 aliphatic heterocycles. The van der Waals surface area contributed by atoms with E-state index in [0.29, 0.717) is 13.0 Å². The van der Waals surface area contributed by atoms with Gasteiger partial charge >= 0.3 is 6.18 Å². The van der Waals surface area contributed by atoms with E-state index in [0.717, 1.165) is 6.20 Å². The van der Waals surface area contributed by atoms with Crippen LogP contribution in [0.4, 0.5) is 13.2 Å². The van der Waals surface area contributed by atoms with Crippen molar-refractivity contribution in [3.63, 3.8) is 0 Å². The lowest BCUT2D eigenvalue weighted by atomic mass is 10.3. The Kier molecular flexibility index (Phi) is 2.92. The number of nitrogens with zero attached hydrogens (tertiary/aromatic N) is 1. The van der Waals surface area contributed by atoms with Crippen LogP contribution in [0.2, 0.25) is 0 Å². The lowest BCUT2D eigenvalue weighted by Crippen LogP contribution is -2.10. The number of rotatable bonds is 3. The minimum absolute atomic E-state index is 0.170. The molecular weight excluding hydrogens is 185 g/mol. The molecule has 1 heterocycles. The molecule has 0 radical (unpaired) electrons. The molecule has 74 valence electrons. The molecule has 1 aromatic heterocycles. The van der Waals surface area contributed by atoms with E-state index < -0.39 is 12.6 Å². The number of oxazole rings is 1. The summed E-state index contributed by atoms with van der Waals surface area (Å²) >= 11 is 0. The van der Waals surface area contributed by atoms with Gasteiger partial charge in [0.15, 0.2) is 5.89 Å². The Labute approximate surface area is 72.7 Å². The van der Waals surface area contributed by atoms with Crippen LogP contribution in [0.25, 0.3) is 0 Å². The number of hydrogen-bond acceptors (Lipinski definition) is 3. The maximum absolute atomic E-state index is 11.8. The van der Waals surface area contributed by atoms with Crippen LogP contribution in [0.3, 0.4) is 0 Å². The van der Waals surface area contributed by atoms with Crippen LogP contribution in [-0.4, -0.2) is 17.7 Å². The molecule has 0 unspecified atom stereocenters. The standard InChI is InChI=1S/C7H9F3N2O/c8-7(9,10)3-5-4-12-6(13-5)1-2-11/h4H,1-3,11H2. The summed E-state index contributed by atoms with van der Waals surface area (Å²) in [5, 5.41) is 0. The fourth-order valence-corrected chi connectivity index (χ4v) is 0.866. The fourth-order valence-electron chi connectivity index (χ4n) is 0.866. The van der Waals surface area contributed by atoms with Crippen molar-refractivity contribution in [1.29, 1.82) is 0 Å². The van der Waals surface area contributed by atoms with Crippen molar-refractivity contribution in [3.8, 4) is 0 Å². The highest BCUT2D eigenvalue weighted by atomic mass is 19.4. The SMILES string of the molecule is NCCc1ncc(CC(F)(F)F)o1. The first-order valence-electron chi connectivity index (χ1n) is 3.71. The summed E-state index contributed by atoms with van der Waals surface area (Å²) in [6, 6.07) is 0. The molecule has 0 amide bonds. The average molecular weight is 194 g/mol. The summed E-state index contributed by atoms with van der Waals surface area (Å²) in [5.41, 5.74) is 5.17. The van der Waals surface area contributed by atoms with Gasteiger partial charge in [-0.3, -0.25) is 0 Å². The molecular formula is C7H9F3N2O. The number of nitrogens with two attached hydrogens (primary N) is 1. The molecule has 0 aliphatic carbocycles. The minimum atomic E-state index is -4.25. The van der Waals surface area contributed by atoms with Crippen molar-refractivity contribution in [1.82, 2.24) is 4.98 Å². The number of hydrogen-bond donors (Lipinski definition) is 1. The fraction of sp³-hybridized carbons (Fsp3) is 0.571. The van der Waals surface area contributed by atoms with Gasteiger partial charge in [-0.15, -0.1) is 0 Å². The zero-order chi connectivity index (χ0) is 9.90. The molecule has 0 spiro atoms. The second kappa shape index (κ2) is 3.78. The van der Waals surface area contributed by atoms with Crippen molar-refractivity contribution in [2.24, 2.45) is 5.73 Å². The molecule has 0 fully saturated rings. The van der Waals surface area contributed by atoms with E-state index in [9.17, 15) is 13.2 Å². The van der Waals surface area contributed by atoms with Crippen LogP contribution >= 0.6 is 0 Å². The quantitative estimate of drug-likeness (QED) is 0.788. The molecule has 13 heavy (non-hydrogen) atoms. The normalized spacial score (nSPS) is 12.0. The minimum Gasteiger partial charge on any atom is -0.445 e. The molecule has 2 N–H and O–H groups in total. The molecule has 6 heteroatoms. The number of halogens is 3. The Morgan fingerprint density at radius 3 is 2.69 bits per heavy atom. The second-order valence-electron chi connectivity index (χ2n) is 2.55. The van der Waals surface area contributed by atoms with Crippen molar-refractivity contribution >= 4 is 0 Å². The van der Waals surface area contributed by atoms with Crippen LogP contribution in [0.15, 0.2) is 10.6 Å². The Morgan fingerprint density at radius 2 is 2.15 bits per heavy atom. The summed E-state index contributed by atoms with van der Waals surface area (Å²) in [7, 11) is 0. The highest BCUT2D eigenvalue weighted by molar-refractivity contribution is 4.96. The second-order valence-corrected chi connectivity index (χ2v) is 2.55. The highest BCUT2D eigenvalue weighted by Gasteiger charge is 2.29. The predicted molar refractivity (Wildman–Crippen MR) is 39.0 cm³/mol. The van der Waals surface area contributed by atoms with Gasteiger partial charge in [0.25, 0.3) is 0 Å². The summed E-state index contributed by atoms with van der Waals surface area (Å²) in [6.45, 7) is 0.311. The molecule has 1 aromatic rings. The lowest BCUT2D eigenvalue weighted by molar-refractivity contribution is -0.130. The molecule has 0 saturated heterocycles. The average Bonchev–Trinajstić information content (AvgIpc) is 2.33. The lowest BCUT2D eigenvalue weighted by Gasteiger charge is -2.01. The van der Waals surface area contributed by atoms with Crippen LogP contribution < -0.4 is 5.73 Å². The van der Waals surface area contributed by atoms with Gasteiger partial charge in [-0.05, 0) is 0 Å². The van der Waals surface area contributed by atoms with Gasteiger partial charge in [0.05, 0.1) is 6.20 Å². The topological polar surface area (TPSA) is 52.0 Å². The molecule has 0 aliphatic rings. The first-order valence-corrected chi connectivity index (χ1v) is 3.71. The van der Waals surface area contributed by atoms with Crippen molar-refractivity contribution < 1.29 is 17.6 Å². The van der Waals surface area contributed by atoms with Crippen molar-refractivity contribution in [2.45, 2.75) is 19.0 Å². The Hall–Kier alpha value is -1.04. The van der Waals surface area contributed by atoms with Gasteiger partial charge < -0.3 is 10.2 Å². The molecule has 0 saturated carbocycles. The first kappa shape index (κ1) is 10.0. The third-order valence-corrected chi connectivity index (χ3v) is 1.33. The molecule has 0 atom stereocenters. The van der Waals surface area contributed by atoms with E-state index in [2.05, 4.69) is 4.98 Å². The molecule has 0 aromatic carbocycles. The third-order valence-electron chi connectivity index (χ3n) is 1.33. The third kappa shape index (κ3) is 3.45. The first-order chi connectivity index (χ1) is 6.01. The van der Waals surface area contributed by atoms with Crippen LogP contribution in [0.1, 0.15) is 11.7 Å². The van der Waals surface area contributed by atoms with E-state index in [1.807, 2.05) is 0 Å². The summed E-state index contributed by atoms with van der Waals surface area (Å²) in [4.78, 5) is 3.64. The van der Waals surface area contributed by atoms with E-state index in [1.165, 1.54) is 0 Å².